The molecule has 0 saturated carbocycles. The van der Waals surface area contributed by atoms with Crippen molar-refractivity contribution in [3.05, 3.63) is 24.5 Å². The number of unbranched alkanes of at least 4 members (excludes halogenated alkanes) is 9. The van der Waals surface area contributed by atoms with Crippen LogP contribution in [0.5, 0.6) is 0 Å². The smallest absolute Gasteiger partial charge is 0.0786 e. The lowest BCUT2D eigenvalue weighted by Gasteiger charge is -2.38. The van der Waals surface area contributed by atoms with Gasteiger partial charge in [0.2, 0.25) is 0 Å². The summed E-state index contributed by atoms with van der Waals surface area (Å²) in [7, 11) is 0. The highest BCUT2D eigenvalue weighted by atomic mass is 15.3. The molecular formula is C25H49N2+. The average Bonchev–Trinajstić information content (AvgIpc) is 3.17. The van der Waals surface area contributed by atoms with Crippen LogP contribution in [-0.2, 0) is 6.54 Å². The predicted molar refractivity (Wildman–Crippen MR) is 121 cm³/mol. The number of aryl methyl sites for hydroxylation is 1. The van der Waals surface area contributed by atoms with Crippen LogP contribution < -0.4 is 0 Å². The molecule has 0 radical (unpaired) electrons. The van der Waals surface area contributed by atoms with Gasteiger partial charge in [-0.05, 0) is 50.7 Å². The Bertz CT molecular complexity index is 393. The second-order valence-electron chi connectivity index (χ2n) is 8.69. The first-order chi connectivity index (χ1) is 13.3. The van der Waals surface area contributed by atoms with Gasteiger partial charge < -0.3 is 9.05 Å². The summed E-state index contributed by atoms with van der Waals surface area (Å²) >= 11 is 0. The summed E-state index contributed by atoms with van der Waals surface area (Å²) in [6.07, 6.45) is 22.7. The lowest BCUT2D eigenvalue weighted by molar-refractivity contribution is -0.928. The number of rotatable bonds is 19. The fourth-order valence-electron chi connectivity index (χ4n) is 4.77. The van der Waals surface area contributed by atoms with Gasteiger partial charge in [-0.2, -0.15) is 0 Å². The molecule has 1 rings (SSSR count). The molecule has 0 aliphatic carbocycles. The van der Waals surface area contributed by atoms with E-state index in [1.165, 1.54) is 121 Å². The van der Waals surface area contributed by atoms with Crippen molar-refractivity contribution in [2.75, 3.05) is 26.2 Å². The number of hydrogen-bond donors (Lipinski definition) is 0. The van der Waals surface area contributed by atoms with Crippen LogP contribution in [0, 0.1) is 0 Å². The minimum Gasteiger partial charge on any atom is -0.354 e. The standard InChI is InChI=1S/C25H49N2/c1-4-22-27(23-5-2,24-6-3)25-18-14-12-10-8-7-9-11-13-15-19-26-20-16-17-21-26/h16-17,20-21H,4-15,18-19,22-25H2,1-3H3/q+1. The van der Waals surface area contributed by atoms with E-state index < -0.39 is 0 Å². The number of aromatic nitrogens is 1. The van der Waals surface area contributed by atoms with Crippen LogP contribution in [0.4, 0.5) is 0 Å². The van der Waals surface area contributed by atoms with E-state index in [1.807, 2.05) is 0 Å². The van der Waals surface area contributed by atoms with Gasteiger partial charge in [0.05, 0.1) is 26.2 Å². The molecule has 0 saturated heterocycles. The molecule has 0 aliphatic heterocycles. The van der Waals surface area contributed by atoms with Crippen molar-refractivity contribution < 1.29 is 4.48 Å². The van der Waals surface area contributed by atoms with E-state index in [4.69, 9.17) is 0 Å². The number of quaternary nitrogens is 1. The summed E-state index contributed by atoms with van der Waals surface area (Å²) in [6, 6.07) is 4.24. The Balaban J connectivity index is 1.94. The third-order valence-electron chi connectivity index (χ3n) is 6.06. The third-order valence-corrected chi connectivity index (χ3v) is 6.06. The molecule has 1 heterocycles. The Morgan fingerprint density at radius 1 is 0.519 bits per heavy atom. The molecule has 2 nitrogen and oxygen atoms in total. The van der Waals surface area contributed by atoms with Gasteiger partial charge >= 0.3 is 0 Å². The molecule has 0 atom stereocenters. The Hall–Kier alpha value is -0.760. The molecular weight excluding hydrogens is 328 g/mol. The normalized spacial score (nSPS) is 12.0. The summed E-state index contributed by atoms with van der Waals surface area (Å²) in [5, 5.41) is 0. The van der Waals surface area contributed by atoms with Crippen LogP contribution in [0.15, 0.2) is 24.5 Å². The first-order valence-electron chi connectivity index (χ1n) is 12.2. The molecule has 0 N–H and O–H groups in total. The highest BCUT2D eigenvalue weighted by molar-refractivity contribution is 4.89. The van der Waals surface area contributed by atoms with E-state index in [9.17, 15) is 0 Å². The topological polar surface area (TPSA) is 4.93 Å². The Kier molecular flexibility index (Phi) is 14.6. The summed E-state index contributed by atoms with van der Waals surface area (Å²) in [5.41, 5.74) is 0. The minimum atomic E-state index is 1.20. The van der Waals surface area contributed by atoms with Crippen molar-refractivity contribution in [2.24, 2.45) is 0 Å². The summed E-state index contributed by atoms with van der Waals surface area (Å²) in [6.45, 7) is 13.9. The number of hydrogen-bond acceptors (Lipinski definition) is 0. The monoisotopic (exact) mass is 377 g/mol. The second kappa shape index (κ2) is 16.2. The first kappa shape index (κ1) is 24.3. The van der Waals surface area contributed by atoms with Crippen LogP contribution in [-0.4, -0.2) is 35.2 Å². The van der Waals surface area contributed by atoms with Crippen molar-refractivity contribution in [3.8, 4) is 0 Å². The van der Waals surface area contributed by atoms with E-state index >= 15 is 0 Å². The molecule has 158 valence electrons. The van der Waals surface area contributed by atoms with Gasteiger partial charge in [0, 0.05) is 18.9 Å². The predicted octanol–water partition coefficient (Wildman–Crippen LogP) is 7.44. The minimum absolute atomic E-state index is 1.20. The highest BCUT2D eigenvalue weighted by Crippen LogP contribution is 2.16. The molecule has 0 aromatic carbocycles. The quantitative estimate of drug-likeness (QED) is 0.174. The Morgan fingerprint density at radius 2 is 0.926 bits per heavy atom. The Labute approximate surface area is 170 Å². The third kappa shape index (κ3) is 11.6. The van der Waals surface area contributed by atoms with Crippen LogP contribution in [0.1, 0.15) is 104 Å². The first-order valence-corrected chi connectivity index (χ1v) is 12.2. The highest BCUT2D eigenvalue weighted by Gasteiger charge is 2.23. The van der Waals surface area contributed by atoms with Crippen molar-refractivity contribution >= 4 is 0 Å². The van der Waals surface area contributed by atoms with Gasteiger partial charge in [0.25, 0.3) is 0 Å². The molecule has 27 heavy (non-hydrogen) atoms. The van der Waals surface area contributed by atoms with Crippen LogP contribution in [0.2, 0.25) is 0 Å². The molecule has 1 aromatic rings. The molecule has 0 bridgehead atoms. The van der Waals surface area contributed by atoms with Crippen LogP contribution >= 0.6 is 0 Å². The average molecular weight is 378 g/mol. The lowest BCUT2D eigenvalue weighted by Crippen LogP contribution is -2.50. The van der Waals surface area contributed by atoms with Crippen LogP contribution in [0.3, 0.4) is 0 Å². The van der Waals surface area contributed by atoms with Crippen molar-refractivity contribution in [1.29, 1.82) is 0 Å². The SMILES string of the molecule is CCC[N+](CCC)(CCC)CCCCCCCCCCCCn1cccc1. The van der Waals surface area contributed by atoms with Gasteiger partial charge in [-0.25, -0.2) is 0 Å². The zero-order chi connectivity index (χ0) is 19.6. The largest absolute Gasteiger partial charge is 0.354 e. The van der Waals surface area contributed by atoms with E-state index in [2.05, 4.69) is 49.9 Å². The molecule has 0 fully saturated rings. The lowest BCUT2D eigenvalue weighted by atomic mass is 10.1. The zero-order valence-electron chi connectivity index (χ0n) is 18.9. The fraction of sp³-hybridized carbons (Fsp3) is 0.840. The van der Waals surface area contributed by atoms with E-state index in [0.717, 1.165) is 0 Å². The Morgan fingerprint density at radius 3 is 1.37 bits per heavy atom. The van der Waals surface area contributed by atoms with Gasteiger partial charge in [-0.15, -0.1) is 0 Å². The van der Waals surface area contributed by atoms with Gasteiger partial charge in [-0.1, -0.05) is 65.7 Å². The molecule has 0 spiro atoms. The molecule has 0 amide bonds. The molecule has 2 heteroatoms. The maximum absolute atomic E-state index is 2.36. The molecule has 1 aromatic heterocycles. The summed E-state index contributed by atoms with van der Waals surface area (Å²) in [5.74, 6) is 0. The maximum atomic E-state index is 2.36. The zero-order valence-corrected chi connectivity index (χ0v) is 18.9. The van der Waals surface area contributed by atoms with Gasteiger partial charge in [0.1, 0.15) is 0 Å². The molecule has 0 unspecified atom stereocenters. The van der Waals surface area contributed by atoms with Gasteiger partial charge in [0.15, 0.2) is 0 Å². The van der Waals surface area contributed by atoms with Crippen molar-refractivity contribution in [2.45, 2.75) is 111 Å². The maximum Gasteiger partial charge on any atom is 0.0786 e. The molecule has 0 aliphatic rings. The summed E-state index contributed by atoms with van der Waals surface area (Å²) in [4.78, 5) is 0. The van der Waals surface area contributed by atoms with Crippen molar-refractivity contribution in [1.82, 2.24) is 4.57 Å². The van der Waals surface area contributed by atoms with Crippen molar-refractivity contribution in [3.63, 3.8) is 0 Å². The van der Waals surface area contributed by atoms with Gasteiger partial charge in [-0.3, -0.25) is 0 Å². The van der Waals surface area contributed by atoms with Crippen LogP contribution in [0.25, 0.3) is 0 Å². The van der Waals surface area contributed by atoms with E-state index in [1.54, 1.807) is 0 Å². The fourth-order valence-corrected chi connectivity index (χ4v) is 4.77. The summed E-state index contributed by atoms with van der Waals surface area (Å²) < 4.78 is 3.70. The van der Waals surface area contributed by atoms with E-state index in [0.29, 0.717) is 0 Å². The number of nitrogens with zero attached hydrogens (tertiary/aromatic N) is 2. The second-order valence-corrected chi connectivity index (χ2v) is 8.69. The van der Waals surface area contributed by atoms with E-state index in [-0.39, 0.29) is 0 Å².